The van der Waals surface area contributed by atoms with Crippen molar-refractivity contribution in [1.82, 2.24) is 34.7 Å². The number of allylic oxidation sites excluding steroid dienone is 1. The van der Waals surface area contributed by atoms with E-state index in [2.05, 4.69) is 25.4 Å². The van der Waals surface area contributed by atoms with E-state index in [1.54, 1.807) is 13.1 Å². The normalized spacial score (nSPS) is 12.0. The average molecular weight is 384 g/mol. The third-order valence-corrected chi connectivity index (χ3v) is 4.28. The van der Waals surface area contributed by atoms with E-state index in [0.717, 1.165) is 11.1 Å². The second kappa shape index (κ2) is 6.76. The standard InChI is InChI=1S/C17H14ClN7O2/c1-10(11-3-5-12(18)6-4-11)7-13-20-14(27-22-13)8-25-9-19-16-15(17(25)26)24(2)23-21-16/h3-7,9H,8H2,1-2H3. The van der Waals surface area contributed by atoms with Crippen LogP contribution in [0.15, 0.2) is 39.9 Å². The summed E-state index contributed by atoms with van der Waals surface area (Å²) in [6.45, 7) is 2.05. The van der Waals surface area contributed by atoms with Crippen LogP contribution in [0.25, 0.3) is 22.8 Å². The fraction of sp³-hybridized carbons (Fsp3) is 0.176. The summed E-state index contributed by atoms with van der Waals surface area (Å²) >= 11 is 5.91. The molecule has 0 fully saturated rings. The summed E-state index contributed by atoms with van der Waals surface area (Å²) in [5.74, 6) is 0.713. The summed E-state index contributed by atoms with van der Waals surface area (Å²) in [6, 6.07) is 7.46. The minimum Gasteiger partial charge on any atom is -0.337 e. The van der Waals surface area contributed by atoms with Crippen molar-refractivity contribution >= 4 is 34.4 Å². The van der Waals surface area contributed by atoms with Crippen LogP contribution in [-0.4, -0.2) is 34.7 Å². The van der Waals surface area contributed by atoms with Gasteiger partial charge in [0.25, 0.3) is 5.56 Å². The molecule has 1 aromatic carbocycles. The Bertz CT molecular complexity index is 1200. The van der Waals surface area contributed by atoms with Crippen LogP contribution in [0.2, 0.25) is 5.02 Å². The Hall–Kier alpha value is -3.33. The molecule has 0 saturated heterocycles. The van der Waals surface area contributed by atoms with Crippen LogP contribution in [-0.2, 0) is 13.6 Å². The van der Waals surface area contributed by atoms with E-state index in [-0.39, 0.29) is 12.1 Å². The fourth-order valence-electron chi connectivity index (χ4n) is 2.62. The van der Waals surface area contributed by atoms with Gasteiger partial charge in [0.15, 0.2) is 11.3 Å². The van der Waals surface area contributed by atoms with E-state index in [9.17, 15) is 4.79 Å². The summed E-state index contributed by atoms with van der Waals surface area (Å²) < 4.78 is 8.01. The largest absolute Gasteiger partial charge is 0.337 e. The van der Waals surface area contributed by atoms with Crippen molar-refractivity contribution in [3.05, 3.63) is 63.2 Å². The highest BCUT2D eigenvalue weighted by molar-refractivity contribution is 6.30. The van der Waals surface area contributed by atoms with Crippen molar-refractivity contribution in [3.63, 3.8) is 0 Å². The molecule has 10 heteroatoms. The second-order valence-corrected chi connectivity index (χ2v) is 6.38. The quantitative estimate of drug-likeness (QED) is 0.531. The van der Waals surface area contributed by atoms with Crippen LogP contribution >= 0.6 is 11.6 Å². The Labute approximate surface area is 157 Å². The molecule has 4 rings (SSSR count). The van der Waals surface area contributed by atoms with Gasteiger partial charge in [-0.25, -0.2) is 9.67 Å². The predicted octanol–water partition coefficient (Wildman–Crippen LogP) is 2.17. The van der Waals surface area contributed by atoms with Crippen molar-refractivity contribution < 1.29 is 4.52 Å². The molecule has 4 aromatic rings. The Balaban J connectivity index is 1.59. The van der Waals surface area contributed by atoms with Crippen LogP contribution in [0.4, 0.5) is 0 Å². The maximum absolute atomic E-state index is 12.5. The summed E-state index contributed by atoms with van der Waals surface area (Å²) in [7, 11) is 1.64. The Kier molecular flexibility index (Phi) is 4.28. The molecule has 0 radical (unpaired) electrons. The highest BCUT2D eigenvalue weighted by atomic mass is 35.5. The van der Waals surface area contributed by atoms with Crippen LogP contribution in [0.1, 0.15) is 24.2 Å². The molecule has 136 valence electrons. The van der Waals surface area contributed by atoms with E-state index in [1.165, 1.54) is 15.6 Å². The first-order chi connectivity index (χ1) is 13.0. The van der Waals surface area contributed by atoms with E-state index >= 15 is 0 Å². The summed E-state index contributed by atoms with van der Waals surface area (Å²) in [6.07, 6.45) is 3.18. The van der Waals surface area contributed by atoms with Crippen LogP contribution in [0, 0.1) is 0 Å². The van der Waals surface area contributed by atoms with Gasteiger partial charge < -0.3 is 4.52 Å². The molecule has 0 amide bonds. The molecule has 0 unspecified atom stereocenters. The van der Waals surface area contributed by atoms with Crippen LogP contribution in [0.3, 0.4) is 0 Å². The number of rotatable bonds is 4. The van der Waals surface area contributed by atoms with Gasteiger partial charge in [0.2, 0.25) is 11.5 Å². The number of hydrogen-bond acceptors (Lipinski definition) is 7. The van der Waals surface area contributed by atoms with Gasteiger partial charge in [0.1, 0.15) is 12.9 Å². The van der Waals surface area contributed by atoms with E-state index < -0.39 is 0 Å². The number of aromatic nitrogens is 7. The van der Waals surface area contributed by atoms with Gasteiger partial charge in [-0.3, -0.25) is 9.36 Å². The van der Waals surface area contributed by atoms with Gasteiger partial charge in [-0.2, -0.15) is 4.98 Å². The number of fused-ring (bicyclic) bond motifs is 1. The summed E-state index contributed by atoms with van der Waals surface area (Å²) in [5.41, 5.74) is 2.29. The van der Waals surface area contributed by atoms with Crippen molar-refractivity contribution in [2.24, 2.45) is 7.05 Å². The third-order valence-electron chi connectivity index (χ3n) is 4.03. The molecule has 0 aliphatic rings. The zero-order chi connectivity index (χ0) is 19.0. The molecule has 0 N–H and O–H groups in total. The van der Waals surface area contributed by atoms with Gasteiger partial charge >= 0.3 is 0 Å². The number of aryl methyl sites for hydroxylation is 1. The zero-order valence-corrected chi connectivity index (χ0v) is 15.3. The molecule has 9 nitrogen and oxygen atoms in total. The topological polar surface area (TPSA) is 105 Å². The fourth-order valence-corrected chi connectivity index (χ4v) is 2.75. The molecule has 0 atom stereocenters. The number of hydrogen-bond donors (Lipinski definition) is 0. The lowest BCUT2D eigenvalue weighted by Crippen LogP contribution is -2.22. The Morgan fingerprint density at radius 2 is 2.07 bits per heavy atom. The number of nitrogens with zero attached hydrogens (tertiary/aromatic N) is 7. The van der Waals surface area contributed by atoms with Crippen LogP contribution < -0.4 is 5.56 Å². The number of benzene rings is 1. The molecule has 3 heterocycles. The first kappa shape index (κ1) is 17.1. The summed E-state index contributed by atoms with van der Waals surface area (Å²) in [5, 5.41) is 12.2. The maximum Gasteiger partial charge on any atom is 0.281 e. The highest BCUT2D eigenvalue weighted by Gasteiger charge is 2.13. The predicted molar refractivity (Wildman–Crippen MR) is 99.0 cm³/mol. The highest BCUT2D eigenvalue weighted by Crippen LogP contribution is 2.19. The molecule has 0 bridgehead atoms. The molecule has 27 heavy (non-hydrogen) atoms. The maximum atomic E-state index is 12.5. The Morgan fingerprint density at radius 1 is 1.30 bits per heavy atom. The van der Waals surface area contributed by atoms with Crippen molar-refractivity contribution in [2.45, 2.75) is 13.5 Å². The second-order valence-electron chi connectivity index (χ2n) is 5.94. The minimum atomic E-state index is -0.278. The Morgan fingerprint density at radius 3 is 2.85 bits per heavy atom. The zero-order valence-electron chi connectivity index (χ0n) is 14.5. The SMILES string of the molecule is CC(=Cc1noc(Cn2cnc3nnn(C)c3c2=O)n1)c1ccc(Cl)cc1. The molecule has 0 aliphatic heterocycles. The van der Waals surface area contributed by atoms with Crippen LogP contribution in [0.5, 0.6) is 0 Å². The van der Waals surface area contributed by atoms with E-state index in [1.807, 2.05) is 31.2 Å². The first-order valence-corrected chi connectivity index (χ1v) is 8.41. The molecule has 0 aliphatic carbocycles. The van der Waals surface area contributed by atoms with Gasteiger partial charge in [-0.15, -0.1) is 5.10 Å². The number of halogens is 1. The summed E-state index contributed by atoms with van der Waals surface area (Å²) in [4.78, 5) is 21.0. The molecular formula is C17H14ClN7O2. The lowest BCUT2D eigenvalue weighted by molar-refractivity contribution is 0.367. The lowest BCUT2D eigenvalue weighted by Gasteiger charge is -2.01. The lowest BCUT2D eigenvalue weighted by atomic mass is 10.1. The van der Waals surface area contributed by atoms with Gasteiger partial charge in [-0.1, -0.05) is 34.1 Å². The van der Waals surface area contributed by atoms with Crippen molar-refractivity contribution in [2.75, 3.05) is 0 Å². The molecular weight excluding hydrogens is 370 g/mol. The monoisotopic (exact) mass is 383 g/mol. The average Bonchev–Trinajstić information content (AvgIpc) is 3.25. The molecule has 0 spiro atoms. The third kappa shape index (κ3) is 3.36. The minimum absolute atomic E-state index is 0.105. The van der Waals surface area contributed by atoms with Gasteiger partial charge in [0.05, 0.1) is 0 Å². The van der Waals surface area contributed by atoms with Gasteiger partial charge in [-0.05, 0) is 36.3 Å². The first-order valence-electron chi connectivity index (χ1n) is 8.03. The van der Waals surface area contributed by atoms with Gasteiger partial charge in [0, 0.05) is 12.1 Å². The van der Waals surface area contributed by atoms with E-state index in [4.69, 9.17) is 16.1 Å². The smallest absolute Gasteiger partial charge is 0.281 e. The molecule has 3 aromatic heterocycles. The van der Waals surface area contributed by atoms with Crippen molar-refractivity contribution in [3.8, 4) is 0 Å². The molecule has 0 saturated carbocycles. The van der Waals surface area contributed by atoms with E-state index in [0.29, 0.717) is 27.9 Å². The van der Waals surface area contributed by atoms with Crippen molar-refractivity contribution in [1.29, 1.82) is 0 Å².